The van der Waals surface area contributed by atoms with Gasteiger partial charge in [-0.15, -0.1) is 0 Å². The molecule has 0 radical (unpaired) electrons. The van der Waals surface area contributed by atoms with Crippen LogP contribution in [-0.2, 0) is 6.54 Å². The summed E-state index contributed by atoms with van der Waals surface area (Å²) in [5.74, 6) is 1.05. The molecular formula is C18H26N4O. The van der Waals surface area contributed by atoms with Gasteiger partial charge in [-0.2, -0.15) is 0 Å². The molecule has 2 atom stereocenters. The van der Waals surface area contributed by atoms with Crippen LogP contribution in [0.15, 0.2) is 24.3 Å². The van der Waals surface area contributed by atoms with Gasteiger partial charge >= 0.3 is 0 Å². The smallest absolute Gasteiger partial charge is 0.121 e. The third-order valence-electron chi connectivity index (χ3n) is 5.38. The van der Waals surface area contributed by atoms with Gasteiger partial charge in [-0.05, 0) is 25.0 Å². The van der Waals surface area contributed by atoms with Crippen LogP contribution in [0.2, 0.25) is 0 Å². The largest absolute Gasteiger partial charge is 0.391 e. The van der Waals surface area contributed by atoms with E-state index in [1.165, 1.54) is 12.8 Å². The average molecular weight is 314 g/mol. The quantitative estimate of drug-likeness (QED) is 0.910. The maximum Gasteiger partial charge on any atom is 0.121 e. The molecule has 4 rings (SSSR count). The van der Waals surface area contributed by atoms with Crippen molar-refractivity contribution in [2.75, 3.05) is 26.2 Å². The maximum absolute atomic E-state index is 10.2. The van der Waals surface area contributed by atoms with Gasteiger partial charge < -0.3 is 10.1 Å². The molecule has 0 unspecified atom stereocenters. The summed E-state index contributed by atoms with van der Waals surface area (Å²) in [4.78, 5) is 13.1. The first-order chi connectivity index (χ1) is 11.3. The SMILES string of the molecule is O[C@@H]1CCCC[C@@H]1N1CCN(Cc2nc3ccccc3[nH]2)CC1. The molecule has 0 amide bonds. The van der Waals surface area contributed by atoms with E-state index in [1.54, 1.807) is 0 Å². The molecule has 5 heteroatoms. The summed E-state index contributed by atoms with van der Waals surface area (Å²) < 4.78 is 0. The van der Waals surface area contributed by atoms with Gasteiger partial charge in [0, 0.05) is 32.2 Å². The third-order valence-corrected chi connectivity index (χ3v) is 5.38. The molecule has 0 bridgehead atoms. The number of nitrogens with zero attached hydrogens (tertiary/aromatic N) is 3. The van der Waals surface area contributed by atoms with Crippen LogP contribution in [0.1, 0.15) is 31.5 Å². The van der Waals surface area contributed by atoms with Crippen molar-refractivity contribution in [3.63, 3.8) is 0 Å². The number of hydrogen-bond acceptors (Lipinski definition) is 4. The van der Waals surface area contributed by atoms with Crippen molar-refractivity contribution in [3.8, 4) is 0 Å². The van der Waals surface area contributed by atoms with E-state index in [-0.39, 0.29) is 6.10 Å². The van der Waals surface area contributed by atoms with Crippen molar-refractivity contribution < 1.29 is 5.11 Å². The van der Waals surface area contributed by atoms with Crippen LogP contribution in [-0.4, -0.2) is 63.2 Å². The van der Waals surface area contributed by atoms with Crippen LogP contribution < -0.4 is 0 Å². The standard InChI is InChI=1S/C18H26N4O/c23-17-8-4-3-7-16(17)22-11-9-21(10-12-22)13-18-19-14-5-1-2-6-15(14)20-18/h1-2,5-6,16-17,23H,3-4,7-13H2,(H,19,20)/t16-,17+/m0/s1. The van der Waals surface area contributed by atoms with Crippen LogP contribution in [0.5, 0.6) is 0 Å². The molecular weight excluding hydrogens is 288 g/mol. The van der Waals surface area contributed by atoms with E-state index in [0.29, 0.717) is 6.04 Å². The molecule has 1 saturated heterocycles. The highest BCUT2D eigenvalue weighted by molar-refractivity contribution is 5.74. The van der Waals surface area contributed by atoms with E-state index in [2.05, 4.69) is 31.9 Å². The van der Waals surface area contributed by atoms with Crippen molar-refractivity contribution in [2.24, 2.45) is 0 Å². The molecule has 1 aromatic carbocycles. The highest BCUT2D eigenvalue weighted by Gasteiger charge is 2.30. The third kappa shape index (κ3) is 3.27. The molecule has 2 aliphatic rings. The minimum Gasteiger partial charge on any atom is -0.391 e. The van der Waals surface area contributed by atoms with Crippen molar-refractivity contribution in [3.05, 3.63) is 30.1 Å². The highest BCUT2D eigenvalue weighted by atomic mass is 16.3. The van der Waals surface area contributed by atoms with Gasteiger partial charge in [0.25, 0.3) is 0 Å². The normalized spacial score (nSPS) is 27.5. The van der Waals surface area contributed by atoms with E-state index in [9.17, 15) is 5.11 Å². The second kappa shape index (κ2) is 6.59. The molecule has 1 aliphatic carbocycles. The Labute approximate surface area is 137 Å². The number of piperazine rings is 1. The number of aromatic nitrogens is 2. The van der Waals surface area contributed by atoms with E-state index in [4.69, 9.17) is 0 Å². The minimum absolute atomic E-state index is 0.120. The molecule has 124 valence electrons. The first-order valence-electron chi connectivity index (χ1n) is 8.88. The Morgan fingerprint density at radius 1 is 1.09 bits per heavy atom. The summed E-state index contributed by atoms with van der Waals surface area (Å²) >= 11 is 0. The lowest BCUT2D eigenvalue weighted by Gasteiger charge is -2.42. The number of hydrogen-bond donors (Lipinski definition) is 2. The molecule has 5 nitrogen and oxygen atoms in total. The van der Waals surface area contributed by atoms with Gasteiger partial charge in [0.1, 0.15) is 5.82 Å². The van der Waals surface area contributed by atoms with Crippen LogP contribution in [0.4, 0.5) is 0 Å². The number of para-hydroxylation sites is 2. The summed E-state index contributed by atoms with van der Waals surface area (Å²) in [6, 6.07) is 8.59. The lowest BCUT2D eigenvalue weighted by Crippen LogP contribution is -2.54. The number of aromatic amines is 1. The zero-order valence-corrected chi connectivity index (χ0v) is 13.6. The van der Waals surface area contributed by atoms with Gasteiger partial charge in [0.15, 0.2) is 0 Å². The van der Waals surface area contributed by atoms with E-state index in [1.807, 2.05) is 12.1 Å². The Hall–Kier alpha value is -1.43. The Morgan fingerprint density at radius 2 is 1.87 bits per heavy atom. The topological polar surface area (TPSA) is 55.4 Å². The van der Waals surface area contributed by atoms with Crippen molar-refractivity contribution in [1.82, 2.24) is 19.8 Å². The van der Waals surface area contributed by atoms with Gasteiger partial charge in [-0.25, -0.2) is 4.98 Å². The maximum atomic E-state index is 10.2. The number of H-pyrrole nitrogens is 1. The zero-order chi connectivity index (χ0) is 15.6. The molecule has 2 N–H and O–H groups in total. The Morgan fingerprint density at radius 3 is 2.65 bits per heavy atom. The molecule has 1 aliphatic heterocycles. The lowest BCUT2D eigenvalue weighted by atomic mass is 9.91. The number of aliphatic hydroxyl groups is 1. The Kier molecular flexibility index (Phi) is 4.33. The molecule has 23 heavy (non-hydrogen) atoms. The predicted molar refractivity (Wildman–Crippen MR) is 91.2 cm³/mol. The number of nitrogens with one attached hydrogen (secondary N) is 1. The van der Waals surface area contributed by atoms with Crippen LogP contribution >= 0.6 is 0 Å². The highest BCUT2D eigenvalue weighted by Crippen LogP contribution is 2.24. The van der Waals surface area contributed by atoms with Crippen LogP contribution in [0.25, 0.3) is 11.0 Å². The summed E-state index contributed by atoms with van der Waals surface area (Å²) in [5, 5.41) is 10.2. The summed E-state index contributed by atoms with van der Waals surface area (Å²) in [6.07, 6.45) is 4.46. The van der Waals surface area contributed by atoms with Crippen LogP contribution in [0, 0.1) is 0 Å². The fraction of sp³-hybridized carbons (Fsp3) is 0.611. The van der Waals surface area contributed by atoms with Gasteiger partial charge in [-0.3, -0.25) is 9.80 Å². The number of imidazole rings is 1. The molecule has 0 spiro atoms. The fourth-order valence-electron chi connectivity index (χ4n) is 4.06. The minimum atomic E-state index is -0.120. The molecule has 2 heterocycles. The lowest BCUT2D eigenvalue weighted by molar-refractivity contribution is -0.00503. The summed E-state index contributed by atoms with van der Waals surface area (Å²) in [7, 11) is 0. The Balaban J connectivity index is 1.34. The van der Waals surface area contributed by atoms with E-state index < -0.39 is 0 Å². The van der Waals surface area contributed by atoms with E-state index in [0.717, 1.165) is 62.4 Å². The molecule has 1 saturated carbocycles. The van der Waals surface area contributed by atoms with Crippen molar-refractivity contribution >= 4 is 11.0 Å². The van der Waals surface area contributed by atoms with E-state index >= 15 is 0 Å². The molecule has 1 aromatic heterocycles. The zero-order valence-electron chi connectivity index (χ0n) is 13.6. The predicted octanol–water partition coefficient (Wildman–Crippen LogP) is 1.98. The number of aliphatic hydroxyl groups excluding tert-OH is 1. The Bertz CT molecular complexity index is 614. The monoisotopic (exact) mass is 314 g/mol. The van der Waals surface area contributed by atoms with Crippen molar-refractivity contribution in [2.45, 2.75) is 44.4 Å². The average Bonchev–Trinajstić information content (AvgIpc) is 2.98. The second-order valence-electron chi connectivity index (χ2n) is 6.93. The first-order valence-corrected chi connectivity index (χ1v) is 8.88. The number of rotatable bonds is 3. The summed E-state index contributed by atoms with van der Waals surface area (Å²) in [5.41, 5.74) is 2.16. The molecule has 2 fully saturated rings. The molecule has 2 aromatic rings. The fourth-order valence-corrected chi connectivity index (χ4v) is 4.06. The number of fused-ring (bicyclic) bond motifs is 1. The van der Waals surface area contributed by atoms with Gasteiger partial charge in [0.05, 0.1) is 23.7 Å². The second-order valence-corrected chi connectivity index (χ2v) is 6.93. The summed E-state index contributed by atoms with van der Waals surface area (Å²) in [6.45, 7) is 5.11. The number of benzene rings is 1. The van der Waals surface area contributed by atoms with Gasteiger partial charge in [-0.1, -0.05) is 25.0 Å². The first kappa shape index (κ1) is 15.1. The van der Waals surface area contributed by atoms with Gasteiger partial charge in [0.2, 0.25) is 0 Å². The van der Waals surface area contributed by atoms with Crippen LogP contribution in [0.3, 0.4) is 0 Å². The van der Waals surface area contributed by atoms with Crippen molar-refractivity contribution in [1.29, 1.82) is 0 Å².